The number of hydrogen-bond donors (Lipinski definition) is 1. The number of rotatable bonds is 1. The number of nitrogens with one attached hydrogen (secondary N) is 1. The van der Waals surface area contributed by atoms with Crippen molar-refractivity contribution in [1.29, 1.82) is 0 Å². The van der Waals surface area contributed by atoms with Crippen LogP contribution in [0.4, 0.5) is 0 Å². The van der Waals surface area contributed by atoms with Gasteiger partial charge in [-0.3, -0.25) is 0 Å². The Hall–Kier alpha value is -1.61. The van der Waals surface area contributed by atoms with Gasteiger partial charge in [-0.2, -0.15) is 5.10 Å². The van der Waals surface area contributed by atoms with Crippen LogP contribution < -0.4 is 5.32 Å². The van der Waals surface area contributed by atoms with Crippen molar-refractivity contribution < 1.29 is 0 Å². The number of aromatic nitrogens is 2. The van der Waals surface area contributed by atoms with E-state index in [1.807, 2.05) is 6.20 Å². The number of hydrogen-bond acceptors (Lipinski definition) is 2. The van der Waals surface area contributed by atoms with Crippen molar-refractivity contribution in [1.82, 2.24) is 15.1 Å². The van der Waals surface area contributed by atoms with E-state index in [-0.39, 0.29) is 5.41 Å². The van der Waals surface area contributed by atoms with Crippen LogP contribution in [0.25, 0.3) is 5.69 Å². The average molecular weight is 255 g/mol. The molecule has 0 atom stereocenters. The summed E-state index contributed by atoms with van der Waals surface area (Å²) < 4.78 is 2.06. The maximum atomic E-state index is 4.54. The van der Waals surface area contributed by atoms with Gasteiger partial charge in [-0.1, -0.05) is 32.9 Å². The summed E-state index contributed by atoms with van der Waals surface area (Å²) in [7, 11) is 0. The molecule has 1 aliphatic rings. The zero-order valence-corrected chi connectivity index (χ0v) is 11.9. The van der Waals surface area contributed by atoms with Crippen LogP contribution in [0.1, 0.15) is 37.6 Å². The molecular weight excluding hydrogens is 234 g/mol. The lowest BCUT2D eigenvalue weighted by Crippen LogP contribution is -2.24. The minimum atomic E-state index is 0.198. The lowest BCUT2D eigenvalue weighted by atomic mass is 9.87. The van der Waals surface area contributed by atoms with E-state index in [4.69, 9.17) is 0 Å². The van der Waals surface area contributed by atoms with Crippen LogP contribution in [0.3, 0.4) is 0 Å². The van der Waals surface area contributed by atoms with Gasteiger partial charge >= 0.3 is 0 Å². The molecule has 1 aromatic heterocycles. The molecule has 3 nitrogen and oxygen atoms in total. The van der Waals surface area contributed by atoms with Crippen LogP contribution in [0.5, 0.6) is 0 Å². The van der Waals surface area contributed by atoms with Crippen LogP contribution in [0.2, 0.25) is 0 Å². The molecule has 19 heavy (non-hydrogen) atoms. The molecule has 0 bridgehead atoms. The van der Waals surface area contributed by atoms with Crippen molar-refractivity contribution >= 4 is 0 Å². The van der Waals surface area contributed by atoms with E-state index < -0.39 is 0 Å². The molecule has 0 saturated heterocycles. The first-order valence-electron chi connectivity index (χ1n) is 6.93. The summed E-state index contributed by atoms with van der Waals surface area (Å²) in [5.41, 5.74) is 5.38. The largest absolute Gasteiger partial charge is 0.311 e. The van der Waals surface area contributed by atoms with E-state index in [0.717, 1.165) is 25.2 Å². The third-order valence-corrected chi connectivity index (χ3v) is 3.80. The molecular formula is C16H21N3. The number of fused-ring (bicyclic) bond motifs is 1. The molecule has 2 aromatic rings. The highest BCUT2D eigenvalue weighted by atomic mass is 15.3. The van der Waals surface area contributed by atoms with Gasteiger partial charge < -0.3 is 5.32 Å². The summed E-state index contributed by atoms with van der Waals surface area (Å²) in [5, 5.41) is 7.95. The number of benzene rings is 1. The minimum absolute atomic E-state index is 0.198. The molecule has 0 amide bonds. The standard InChI is InChI=1S/C16H21N3/c1-16(2,3)13-4-6-14(7-5-13)19-15-11-17-9-8-12(15)10-18-19/h4-7,10,17H,8-9,11H2,1-3H3. The average Bonchev–Trinajstić information content (AvgIpc) is 2.82. The van der Waals surface area contributed by atoms with E-state index in [1.54, 1.807) is 0 Å². The smallest absolute Gasteiger partial charge is 0.0649 e. The van der Waals surface area contributed by atoms with Crippen molar-refractivity contribution in [2.75, 3.05) is 6.54 Å². The molecule has 0 radical (unpaired) electrons. The molecule has 1 aliphatic heterocycles. The Balaban J connectivity index is 1.97. The van der Waals surface area contributed by atoms with Crippen molar-refractivity contribution in [3.63, 3.8) is 0 Å². The first-order valence-corrected chi connectivity index (χ1v) is 6.93. The van der Waals surface area contributed by atoms with Crippen molar-refractivity contribution in [2.45, 2.75) is 39.2 Å². The zero-order valence-electron chi connectivity index (χ0n) is 11.9. The molecule has 0 saturated carbocycles. The van der Waals surface area contributed by atoms with Crippen molar-refractivity contribution in [3.05, 3.63) is 47.3 Å². The SMILES string of the molecule is CC(C)(C)c1ccc(-n2ncc3c2CNCC3)cc1. The van der Waals surface area contributed by atoms with Crippen LogP contribution in [0, 0.1) is 0 Å². The highest BCUT2D eigenvalue weighted by molar-refractivity contribution is 5.39. The quantitative estimate of drug-likeness (QED) is 0.849. The summed E-state index contributed by atoms with van der Waals surface area (Å²) in [6.45, 7) is 8.68. The highest BCUT2D eigenvalue weighted by Gasteiger charge is 2.17. The van der Waals surface area contributed by atoms with Crippen LogP contribution >= 0.6 is 0 Å². The fourth-order valence-electron chi connectivity index (χ4n) is 2.56. The summed E-state index contributed by atoms with van der Waals surface area (Å²) in [4.78, 5) is 0. The van der Waals surface area contributed by atoms with Crippen LogP contribution in [0.15, 0.2) is 30.5 Å². The maximum Gasteiger partial charge on any atom is 0.0649 e. The normalized spacial score (nSPS) is 15.3. The van der Waals surface area contributed by atoms with E-state index >= 15 is 0 Å². The summed E-state index contributed by atoms with van der Waals surface area (Å²) >= 11 is 0. The molecule has 0 fully saturated rings. The predicted octanol–water partition coefficient (Wildman–Crippen LogP) is 2.82. The first-order chi connectivity index (χ1) is 9.05. The second-order valence-electron chi connectivity index (χ2n) is 6.25. The monoisotopic (exact) mass is 255 g/mol. The Morgan fingerprint density at radius 2 is 1.89 bits per heavy atom. The molecule has 1 aromatic carbocycles. The topological polar surface area (TPSA) is 29.9 Å². The molecule has 2 heterocycles. The van der Waals surface area contributed by atoms with E-state index in [1.165, 1.54) is 16.8 Å². The van der Waals surface area contributed by atoms with E-state index in [0.29, 0.717) is 0 Å². The van der Waals surface area contributed by atoms with Gasteiger partial charge in [0.25, 0.3) is 0 Å². The van der Waals surface area contributed by atoms with Crippen LogP contribution in [-0.2, 0) is 18.4 Å². The Labute approximate surface area is 114 Å². The van der Waals surface area contributed by atoms with Crippen LogP contribution in [-0.4, -0.2) is 16.3 Å². The third kappa shape index (κ3) is 2.30. The first kappa shape index (κ1) is 12.4. The van der Waals surface area contributed by atoms with Gasteiger partial charge in [0.15, 0.2) is 0 Å². The van der Waals surface area contributed by atoms with Gasteiger partial charge in [0.05, 0.1) is 17.6 Å². The molecule has 0 aliphatic carbocycles. The lowest BCUT2D eigenvalue weighted by molar-refractivity contribution is 0.589. The number of nitrogens with zero attached hydrogens (tertiary/aromatic N) is 2. The van der Waals surface area contributed by atoms with E-state index in [2.05, 4.69) is 60.1 Å². The maximum absolute atomic E-state index is 4.54. The minimum Gasteiger partial charge on any atom is -0.311 e. The van der Waals surface area contributed by atoms with Gasteiger partial charge in [-0.25, -0.2) is 4.68 Å². The van der Waals surface area contributed by atoms with Crippen molar-refractivity contribution in [3.8, 4) is 5.69 Å². The molecule has 100 valence electrons. The van der Waals surface area contributed by atoms with Gasteiger partial charge in [0.1, 0.15) is 0 Å². The highest BCUT2D eigenvalue weighted by Crippen LogP contribution is 2.24. The third-order valence-electron chi connectivity index (χ3n) is 3.80. The fraction of sp³-hybridized carbons (Fsp3) is 0.438. The molecule has 3 rings (SSSR count). The Morgan fingerprint density at radius 3 is 2.58 bits per heavy atom. The predicted molar refractivity (Wildman–Crippen MR) is 77.7 cm³/mol. The Kier molecular flexibility index (Phi) is 2.94. The second-order valence-corrected chi connectivity index (χ2v) is 6.25. The molecule has 0 unspecified atom stereocenters. The molecule has 1 N–H and O–H groups in total. The summed E-state index contributed by atoms with van der Waals surface area (Å²) in [6, 6.07) is 8.75. The Bertz CT molecular complexity index is 573. The van der Waals surface area contributed by atoms with Gasteiger partial charge in [-0.05, 0) is 41.6 Å². The van der Waals surface area contributed by atoms with E-state index in [9.17, 15) is 0 Å². The lowest BCUT2D eigenvalue weighted by Gasteiger charge is -2.20. The van der Waals surface area contributed by atoms with Gasteiger partial charge in [-0.15, -0.1) is 0 Å². The Morgan fingerprint density at radius 1 is 1.16 bits per heavy atom. The fourth-order valence-corrected chi connectivity index (χ4v) is 2.56. The van der Waals surface area contributed by atoms with Crippen molar-refractivity contribution in [2.24, 2.45) is 0 Å². The van der Waals surface area contributed by atoms with Gasteiger partial charge in [0.2, 0.25) is 0 Å². The molecule has 0 spiro atoms. The van der Waals surface area contributed by atoms with Gasteiger partial charge in [0, 0.05) is 6.54 Å². The second kappa shape index (κ2) is 4.49. The molecule has 3 heteroatoms. The summed E-state index contributed by atoms with van der Waals surface area (Å²) in [6.07, 6.45) is 3.09. The summed E-state index contributed by atoms with van der Waals surface area (Å²) in [5.74, 6) is 0. The zero-order chi connectivity index (χ0) is 13.5.